The number of anilines is 2. The Morgan fingerprint density at radius 2 is 1.55 bits per heavy atom. The molecule has 33 heavy (non-hydrogen) atoms. The minimum absolute atomic E-state index is 0.00684. The van der Waals surface area contributed by atoms with Crippen molar-refractivity contribution in [2.45, 2.75) is 11.8 Å². The molecule has 1 atom stereocenters. The summed E-state index contributed by atoms with van der Waals surface area (Å²) in [5, 5.41) is 13.2. The second-order valence-electron chi connectivity index (χ2n) is 7.47. The highest BCUT2D eigenvalue weighted by molar-refractivity contribution is 7.89. The molecule has 0 saturated carbocycles. The highest BCUT2D eigenvalue weighted by Gasteiger charge is 2.29. The lowest BCUT2D eigenvalue weighted by atomic mass is 10.0. The minimum atomic E-state index is -3.70. The van der Waals surface area contributed by atoms with E-state index in [1.165, 1.54) is 51.5 Å². The lowest BCUT2D eigenvalue weighted by molar-refractivity contribution is -0.126. The van der Waals surface area contributed by atoms with Crippen LogP contribution in [0.3, 0.4) is 0 Å². The molecule has 0 fully saturated rings. The summed E-state index contributed by atoms with van der Waals surface area (Å²) in [7, 11) is -0.893. The molecule has 0 aliphatic heterocycles. The molecule has 3 rings (SSSR count). The van der Waals surface area contributed by atoms with Gasteiger partial charge in [0.25, 0.3) is 0 Å². The van der Waals surface area contributed by atoms with Gasteiger partial charge in [0.15, 0.2) is 5.92 Å². The molecule has 2 amide bonds. The van der Waals surface area contributed by atoms with Crippen LogP contribution in [-0.4, -0.2) is 44.3 Å². The molecule has 1 heterocycles. The second kappa shape index (κ2) is 9.80. The third-order valence-electron chi connectivity index (χ3n) is 4.77. The van der Waals surface area contributed by atoms with Crippen LogP contribution in [0.2, 0.25) is 0 Å². The smallest absolute Gasteiger partial charge is 0.242 e. The van der Waals surface area contributed by atoms with E-state index in [9.17, 15) is 18.0 Å². The number of furan rings is 1. The molecule has 0 spiro atoms. The van der Waals surface area contributed by atoms with Crippen molar-refractivity contribution in [3.63, 3.8) is 0 Å². The Morgan fingerprint density at radius 3 is 2.09 bits per heavy atom. The van der Waals surface area contributed by atoms with Crippen LogP contribution in [0.25, 0.3) is 11.3 Å². The first-order valence-electron chi connectivity index (χ1n) is 9.93. The van der Waals surface area contributed by atoms with Gasteiger partial charge in [-0.3, -0.25) is 9.59 Å². The van der Waals surface area contributed by atoms with Crippen molar-refractivity contribution in [2.75, 3.05) is 24.7 Å². The van der Waals surface area contributed by atoms with Crippen molar-refractivity contribution in [3.8, 4) is 11.3 Å². The molecule has 9 nitrogen and oxygen atoms in total. The van der Waals surface area contributed by atoms with Gasteiger partial charge in [0.2, 0.25) is 21.8 Å². The number of nitrogens with zero attached hydrogens (tertiary/aromatic N) is 1. The van der Waals surface area contributed by atoms with Gasteiger partial charge in [-0.15, -0.1) is 0 Å². The first-order valence-corrected chi connectivity index (χ1v) is 11.4. The summed E-state index contributed by atoms with van der Waals surface area (Å²) in [4.78, 5) is 25.7. The zero-order chi connectivity index (χ0) is 24.2. The average Bonchev–Trinajstić information content (AvgIpc) is 3.28. The minimum Gasteiger partial charge on any atom is -0.464 e. The van der Waals surface area contributed by atoms with Crippen LogP contribution in [0.1, 0.15) is 6.92 Å². The highest BCUT2D eigenvalue weighted by Crippen LogP contribution is 2.24. The van der Waals surface area contributed by atoms with Gasteiger partial charge in [0, 0.05) is 36.7 Å². The van der Waals surface area contributed by atoms with Crippen molar-refractivity contribution in [2.24, 2.45) is 5.92 Å². The van der Waals surface area contributed by atoms with Crippen molar-refractivity contribution in [1.82, 2.24) is 4.31 Å². The number of sulfonamides is 1. The van der Waals surface area contributed by atoms with E-state index in [1.807, 2.05) is 6.07 Å². The Hall–Kier alpha value is -3.76. The number of carbonyl (C=O) groups is 2. The molecule has 0 aliphatic rings. The highest BCUT2D eigenvalue weighted by atomic mass is 32.2. The van der Waals surface area contributed by atoms with E-state index in [-0.39, 0.29) is 16.3 Å². The van der Waals surface area contributed by atoms with Crippen LogP contribution in [-0.2, 0) is 19.6 Å². The molecular formula is C23H24N4O5S. The number of carbonyl (C=O) groups excluding carboxylic acids is 2. The fourth-order valence-electron chi connectivity index (χ4n) is 3.08. The number of hydrogen-bond acceptors (Lipinski definition) is 6. The predicted molar refractivity (Wildman–Crippen MR) is 126 cm³/mol. The Kier molecular flexibility index (Phi) is 7.10. The molecule has 10 heteroatoms. The third kappa shape index (κ3) is 5.54. The molecule has 2 aromatic carbocycles. The van der Waals surface area contributed by atoms with E-state index >= 15 is 0 Å². The summed E-state index contributed by atoms with van der Waals surface area (Å²) in [5.41, 5.74) is 1.21. The maximum absolute atomic E-state index is 12.9. The molecule has 3 aromatic rings. The molecule has 0 saturated heterocycles. The van der Waals surface area contributed by atoms with Crippen LogP contribution >= 0.6 is 0 Å². The van der Waals surface area contributed by atoms with Crippen LogP contribution in [0.4, 0.5) is 11.4 Å². The largest absolute Gasteiger partial charge is 0.464 e. The number of amides is 2. The number of nitrogens with one attached hydrogen (secondary N) is 3. The first kappa shape index (κ1) is 23.9. The van der Waals surface area contributed by atoms with Gasteiger partial charge in [-0.05, 0) is 49.4 Å². The average molecular weight is 469 g/mol. The number of hydrogen-bond donors (Lipinski definition) is 3. The maximum Gasteiger partial charge on any atom is 0.242 e. The lowest BCUT2D eigenvalue weighted by Gasteiger charge is -2.17. The molecule has 0 bridgehead atoms. The Balaban J connectivity index is 1.78. The van der Waals surface area contributed by atoms with E-state index in [0.717, 1.165) is 9.87 Å². The van der Waals surface area contributed by atoms with Crippen LogP contribution in [0.5, 0.6) is 0 Å². The van der Waals surface area contributed by atoms with Gasteiger partial charge in [-0.25, -0.2) is 12.7 Å². The van der Waals surface area contributed by atoms with Gasteiger partial charge >= 0.3 is 0 Å². The summed E-state index contributed by atoms with van der Waals surface area (Å²) in [6.07, 6.45) is 1.54. The van der Waals surface area contributed by atoms with E-state index < -0.39 is 27.8 Å². The summed E-state index contributed by atoms with van der Waals surface area (Å²) in [6.45, 7) is 1.36. The summed E-state index contributed by atoms with van der Waals surface area (Å²) in [5.74, 6) is -2.22. The van der Waals surface area contributed by atoms with Gasteiger partial charge in [-0.1, -0.05) is 18.2 Å². The van der Waals surface area contributed by atoms with Gasteiger partial charge in [-0.2, -0.15) is 0 Å². The topological polar surface area (TPSA) is 133 Å². The van der Waals surface area contributed by atoms with Crippen molar-refractivity contribution < 1.29 is 22.4 Å². The maximum atomic E-state index is 12.9. The van der Waals surface area contributed by atoms with Crippen molar-refractivity contribution in [3.05, 3.63) is 66.9 Å². The standard InChI is InChI=1S/C23H24N4O5S/c1-15(24)21(22(28)25-17-8-4-7-16(13-17)20-11-6-12-32-20)23(29)26-18-9-5-10-19(14-18)33(30,31)27(2)3/h4-14,21,24H,1-3H3,(H,25,28)(H,26,29). The zero-order valence-corrected chi connectivity index (χ0v) is 19.1. The quantitative estimate of drug-likeness (QED) is 0.344. The normalized spacial score (nSPS) is 12.2. The predicted octanol–water partition coefficient (Wildman–Crippen LogP) is 3.43. The van der Waals surface area contributed by atoms with E-state index in [4.69, 9.17) is 9.83 Å². The Labute approximate surface area is 192 Å². The Bertz CT molecular complexity index is 1280. The Morgan fingerprint density at radius 1 is 0.939 bits per heavy atom. The van der Waals surface area contributed by atoms with E-state index in [1.54, 1.807) is 30.3 Å². The molecule has 0 radical (unpaired) electrons. The van der Waals surface area contributed by atoms with Gasteiger partial charge < -0.3 is 20.5 Å². The molecule has 0 aliphatic carbocycles. The molecule has 172 valence electrons. The second-order valence-corrected chi connectivity index (χ2v) is 9.62. The SMILES string of the molecule is CC(=N)C(C(=O)Nc1cccc(-c2ccco2)c1)C(=O)Nc1cccc(S(=O)(=O)N(C)C)c1. The van der Waals surface area contributed by atoms with Crippen molar-refractivity contribution in [1.29, 1.82) is 5.41 Å². The monoisotopic (exact) mass is 468 g/mol. The summed E-state index contributed by atoms with van der Waals surface area (Å²) >= 11 is 0. The van der Waals surface area contributed by atoms with Crippen LogP contribution < -0.4 is 10.6 Å². The van der Waals surface area contributed by atoms with Gasteiger partial charge in [0.1, 0.15) is 5.76 Å². The van der Waals surface area contributed by atoms with E-state index in [0.29, 0.717) is 11.4 Å². The fraction of sp³-hybridized carbons (Fsp3) is 0.174. The zero-order valence-electron chi connectivity index (χ0n) is 18.3. The molecule has 3 N–H and O–H groups in total. The molecule has 1 aromatic heterocycles. The molecular weight excluding hydrogens is 444 g/mol. The molecule has 1 unspecified atom stereocenters. The number of rotatable bonds is 8. The first-order chi connectivity index (χ1) is 15.6. The lowest BCUT2D eigenvalue weighted by Crippen LogP contribution is -2.38. The van der Waals surface area contributed by atoms with Crippen LogP contribution in [0, 0.1) is 11.3 Å². The summed E-state index contributed by atoms with van der Waals surface area (Å²) < 4.78 is 31.1. The van der Waals surface area contributed by atoms with Crippen molar-refractivity contribution >= 4 is 38.9 Å². The number of benzene rings is 2. The summed E-state index contributed by atoms with van der Waals surface area (Å²) in [6, 6.07) is 16.1. The van der Waals surface area contributed by atoms with Gasteiger partial charge in [0.05, 0.1) is 11.2 Å². The third-order valence-corrected chi connectivity index (χ3v) is 6.58. The fourth-order valence-corrected chi connectivity index (χ4v) is 4.03. The van der Waals surface area contributed by atoms with E-state index in [2.05, 4.69) is 10.6 Å². The van der Waals surface area contributed by atoms with Crippen LogP contribution in [0.15, 0.2) is 76.2 Å².